The molecule has 0 fully saturated rings. The highest BCUT2D eigenvalue weighted by molar-refractivity contribution is 7.22. The van der Waals surface area contributed by atoms with Crippen LogP contribution in [0.3, 0.4) is 0 Å². The number of thiazole rings is 1. The summed E-state index contributed by atoms with van der Waals surface area (Å²) in [6.07, 6.45) is 1.33. The molecule has 0 radical (unpaired) electrons. The fourth-order valence-electron chi connectivity index (χ4n) is 2.73. The molecule has 128 valence electrons. The molecule has 5 heteroatoms. The molecule has 0 atom stereocenters. The van der Waals surface area contributed by atoms with Crippen molar-refractivity contribution < 1.29 is 4.79 Å². The highest BCUT2D eigenvalue weighted by atomic mass is 32.1. The fraction of sp³-hybridized carbons (Fsp3) is 0.200. The van der Waals surface area contributed by atoms with Crippen molar-refractivity contribution in [2.24, 2.45) is 0 Å². The van der Waals surface area contributed by atoms with E-state index >= 15 is 0 Å². The number of carbonyl (C=O) groups excluding carboxylic acids is 1. The van der Waals surface area contributed by atoms with E-state index < -0.39 is 0 Å². The zero-order chi connectivity index (χ0) is 18.0. The van der Waals surface area contributed by atoms with E-state index in [-0.39, 0.29) is 5.91 Å². The van der Waals surface area contributed by atoms with Gasteiger partial charge in [0, 0.05) is 13.6 Å². The number of hydrogen-bond acceptors (Lipinski definition) is 4. The summed E-state index contributed by atoms with van der Waals surface area (Å²) in [5, 5.41) is 4.14. The van der Waals surface area contributed by atoms with Crippen molar-refractivity contribution in [3.63, 3.8) is 0 Å². The van der Waals surface area contributed by atoms with E-state index in [2.05, 4.69) is 43.6 Å². The number of nitrogens with zero attached hydrogens (tertiary/aromatic N) is 3. The quantitative estimate of drug-likeness (QED) is 0.502. The maximum absolute atomic E-state index is 12.5. The molecule has 1 amide bonds. The van der Waals surface area contributed by atoms with Crippen molar-refractivity contribution in [1.29, 1.82) is 0 Å². The molecule has 0 saturated carbocycles. The minimum Gasteiger partial charge on any atom is -0.268 e. The number of hydrazine groups is 1. The number of carbonyl (C=O) groups is 1. The van der Waals surface area contributed by atoms with Crippen molar-refractivity contribution in [3.8, 4) is 0 Å². The summed E-state index contributed by atoms with van der Waals surface area (Å²) >= 11 is 1.50. The van der Waals surface area contributed by atoms with E-state index in [1.807, 2.05) is 36.3 Å². The standard InChI is InChI=1S/C20H21N3OS/c1-5-19(24)23(20-21-17-8-6-7-9-18(17)25-20)22(4)13-16-12-14(2)10-11-15(16)3/h5-12H,1,13H2,2-4H3. The Hall–Kier alpha value is -2.50. The topological polar surface area (TPSA) is 36.4 Å². The molecule has 0 aliphatic carbocycles. The third-order valence-corrected chi connectivity index (χ3v) is 5.10. The number of aryl methyl sites for hydroxylation is 2. The molecule has 1 aromatic heterocycles. The Morgan fingerprint density at radius 3 is 2.72 bits per heavy atom. The zero-order valence-corrected chi connectivity index (χ0v) is 15.5. The molecule has 3 rings (SSSR count). The number of amides is 1. The molecule has 1 heterocycles. The van der Waals surface area contributed by atoms with Crippen molar-refractivity contribution in [1.82, 2.24) is 9.99 Å². The number of hydrogen-bond donors (Lipinski definition) is 0. The van der Waals surface area contributed by atoms with Crippen LogP contribution in [0.1, 0.15) is 16.7 Å². The second kappa shape index (κ2) is 7.17. The molecule has 4 nitrogen and oxygen atoms in total. The van der Waals surface area contributed by atoms with Gasteiger partial charge in [-0.15, -0.1) is 0 Å². The number of para-hydroxylation sites is 1. The molecule has 0 aliphatic rings. The van der Waals surface area contributed by atoms with E-state index in [0.717, 1.165) is 10.2 Å². The van der Waals surface area contributed by atoms with Gasteiger partial charge in [-0.05, 0) is 43.2 Å². The third kappa shape index (κ3) is 3.62. The zero-order valence-electron chi connectivity index (χ0n) is 14.7. The van der Waals surface area contributed by atoms with E-state index in [0.29, 0.717) is 11.7 Å². The predicted octanol–water partition coefficient (Wildman–Crippen LogP) is 4.48. The SMILES string of the molecule is C=CC(=O)N(c1nc2ccccc2s1)N(C)Cc1cc(C)ccc1C. The summed E-state index contributed by atoms with van der Waals surface area (Å²) in [5.41, 5.74) is 4.48. The van der Waals surface area contributed by atoms with Crippen LogP contribution in [0.5, 0.6) is 0 Å². The number of rotatable bonds is 5. The first kappa shape index (κ1) is 17.3. The van der Waals surface area contributed by atoms with Crippen LogP contribution in [0.4, 0.5) is 5.13 Å². The maximum atomic E-state index is 12.5. The molecule has 0 N–H and O–H groups in total. The lowest BCUT2D eigenvalue weighted by molar-refractivity contribution is -0.116. The third-order valence-electron chi connectivity index (χ3n) is 4.09. The van der Waals surface area contributed by atoms with Crippen LogP contribution in [0.15, 0.2) is 55.1 Å². The van der Waals surface area contributed by atoms with Gasteiger partial charge >= 0.3 is 0 Å². The lowest BCUT2D eigenvalue weighted by Gasteiger charge is -2.29. The average molecular weight is 351 g/mol. The monoisotopic (exact) mass is 351 g/mol. The highest BCUT2D eigenvalue weighted by Crippen LogP contribution is 2.30. The van der Waals surface area contributed by atoms with Crippen LogP contribution in [-0.4, -0.2) is 22.9 Å². The smallest absolute Gasteiger partial charge is 0.266 e. The van der Waals surface area contributed by atoms with E-state index in [9.17, 15) is 4.79 Å². The van der Waals surface area contributed by atoms with Crippen molar-refractivity contribution in [2.45, 2.75) is 20.4 Å². The van der Waals surface area contributed by atoms with E-state index in [1.165, 1.54) is 34.1 Å². The molecule has 3 aromatic rings. The summed E-state index contributed by atoms with van der Waals surface area (Å²) in [6.45, 7) is 8.41. The average Bonchev–Trinajstić information content (AvgIpc) is 3.01. The van der Waals surface area contributed by atoms with Crippen LogP contribution in [0, 0.1) is 13.8 Å². The second-order valence-corrected chi connectivity index (χ2v) is 7.07. The first-order valence-electron chi connectivity index (χ1n) is 8.09. The molecule has 0 saturated heterocycles. The van der Waals surface area contributed by atoms with Crippen molar-refractivity contribution >= 4 is 32.6 Å². The molecule has 0 spiro atoms. The Labute approximate surface area is 152 Å². The van der Waals surface area contributed by atoms with Crippen LogP contribution in [-0.2, 0) is 11.3 Å². The Morgan fingerprint density at radius 1 is 1.24 bits per heavy atom. The minimum atomic E-state index is -0.188. The minimum absolute atomic E-state index is 0.188. The van der Waals surface area contributed by atoms with Gasteiger partial charge in [0.15, 0.2) is 0 Å². The maximum Gasteiger partial charge on any atom is 0.266 e. The Bertz CT molecular complexity index is 899. The summed E-state index contributed by atoms with van der Waals surface area (Å²) < 4.78 is 1.06. The van der Waals surface area contributed by atoms with E-state index in [4.69, 9.17) is 0 Å². The first-order chi connectivity index (χ1) is 12.0. The number of fused-ring (bicyclic) bond motifs is 1. The van der Waals surface area contributed by atoms with Crippen LogP contribution < -0.4 is 5.01 Å². The summed E-state index contributed by atoms with van der Waals surface area (Å²) in [5.74, 6) is -0.188. The van der Waals surface area contributed by atoms with Gasteiger partial charge in [-0.25, -0.2) is 15.0 Å². The van der Waals surface area contributed by atoms with Gasteiger partial charge in [0.2, 0.25) is 5.13 Å². The van der Waals surface area contributed by atoms with Gasteiger partial charge in [-0.3, -0.25) is 4.79 Å². The van der Waals surface area contributed by atoms with Crippen molar-refractivity contribution in [2.75, 3.05) is 12.1 Å². The molecule has 2 aromatic carbocycles. The highest BCUT2D eigenvalue weighted by Gasteiger charge is 2.22. The summed E-state index contributed by atoms with van der Waals surface area (Å²) in [4.78, 5) is 17.1. The first-order valence-corrected chi connectivity index (χ1v) is 8.90. The number of benzene rings is 2. The predicted molar refractivity (Wildman–Crippen MR) is 105 cm³/mol. The van der Waals surface area contributed by atoms with Crippen LogP contribution >= 0.6 is 11.3 Å². The van der Waals surface area contributed by atoms with Gasteiger partial charge in [-0.1, -0.05) is 53.8 Å². The number of anilines is 1. The molecular formula is C20H21N3OS. The lowest BCUT2D eigenvalue weighted by atomic mass is 10.1. The van der Waals surface area contributed by atoms with Crippen LogP contribution in [0.2, 0.25) is 0 Å². The summed E-state index contributed by atoms with van der Waals surface area (Å²) in [6, 6.07) is 14.2. The Balaban J connectivity index is 1.96. The van der Waals surface area contributed by atoms with Gasteiger partial charge in [-0.2, -0.15) is 0 Å². The van der Waals surface area contributed by atoms with Gasteiger partial charge in [0.05, 0.1) is 10.2 Å². The number of aromatic nitrogens is 1. The Morgan fingerprint density at radius 2 is 2.00 bits per heavy atom. The summed E-state index contributed by atoms with van der Waals surface area (Å²) in [7, 11) is 1.90. The van der Waals surface area contributed by atoms with Crippen LogP contribution in [0.25, 0.3) is 10.2 Å². The molecule has 0 aliphatic heterocycles. The Kier molecular flexibility index (Phi) is 4.97. The molecule has 0 unspecified atom stereocenters. The van der Waals surface area contributed by atoms with Gasteiger partial charge < -0.3 is 0 Å². The van der Waals surface area contributed by atoms with Gasteiger partial charge in [0.1, 0.15) is 0 Å². The normalized spacial score (nSPS) is 11.0. The molecular weight excluding hydrogens is 330 g/mol. The largest absolute Gasteiger partial charge is 0.268 e. The van der Waals surface area contributed by atoms with Crippen molar-refractivity contribution in [3.05, 3.63) is 71.8 Å². The van der Waals surface area contributed by atoms with E-state index in [1.54, 1.807) is 5.01 Å². The second-order valence-electron chi connectivity index (χ2n) is 6.06. The fourth-order valence-corrected chi connectivity index (χ4v) is 3.75. The molecule has 25 heavy (non-hydrogen) atoms. The van der Waals surface area contributed by atoms with Gasteiger partial charge in [0.25, 0.3) is 5.91 Å². The lowest BCUT2D eigenvalue weighted by Crippen LogP contribution is -2.43. The molecule has 0 bridgehead atoms.